The van der Waals surface area contributed by atoms with Crippen LogP contribution in [0, 0.1) is 29.1 Å². The molecule has 2 aromatic rings. The number of nitrogens with one attached hydrogen (secondary N) is 2. The van der Waals surface area contributed by atoms with Gasteiger partial charge in [-0.25, -0.2) is 0 Å². The van der Waals surface area contributed by atoms with Crippen LogP contribution in [-0.2, 0) is 41.6 Å². The van der Waals surface area contributed by atoms with Crippen molar-refractivity contribution >= 4 is 29.2 Å². The summed E-state index contributed by atoms with van der Waals surface area (Å²) >= 11 is 0. The molecule has 4 atom stereocenters. The Morgan fingerprint density at radius 1 is 0.727 bits per heavy atom. The second-order valence-corrected chi connectivity index (χ2v) is 17.2. The molecule has 4 rings (SSSR count). The third-order valence-corrected chi connectivity index (χ3v) is 11.2. The number of benzene rings is 2. The lowest BCUT2D eigenvalue weighted by Crippen LogP contribution is -2.49. The molecule has 302 valence electrons. The minimum absolute atomic E-state index is 0.0621. The first kappa shape index (κ1) is 44.0. The first-order valence-electron chi connectivity index (χ1n) is 20.9. The van der Waals surface area contributed by atoms with Crippen LogP contribution in [0.5, 0.6) is 0 Å². The number of carbonyl (C=O) groups is 5. The Labute approximate surface area is 330 Å². The van der Waals surface area contributed by atoms with Crippen LogP contribution < -0.4 is 10.6 Å². The number of nitrogens with zero attached hydrogens (tertiary/aromatic N) is 1. The first-order valence-corrected chi connectivity index (χ1v) is 20.9. The zero-order chi connectivity index (χ0) is 39.8. The molecule has 2 aliphatic rings. The Bertz CT molecular complexity index is 1520. The molecule has 0 aromatic heterocycles. The summed E-state index contributed by atoms with van der Waals surface area (Å²) in [6, 6.07) is 18.1. The van der Waals surface area contributed by atoms with Crippen LogP contribution in [0.3, 0.4) is 0 Å². The Morgan fingerprint density at radius 2 is 1.29 bits per heavy atom. The molecule has 9 nitrogen and oxygen atoms in total. The van der Waals surface area contributed by atoms with Gasteiger partial charge in [-0.3, -0.25) is 28.9 Å². The lowest BCUT2D eigenvalue weighted by Gasteiger charge is -2.27. The molecule has 2 fully saturated rings. The van der Waals surface area contributed by atoms with Crippen molar-refractivity contribution in [1.82, 2.24) is 15.5 Å². The van der Waals surface area contributed by atoms with Crippen LogP contribution in [0.15, 0.2) is 60.7 Å². The molecule has 9 heteroatoms. The SMILES string of the molecule is CC(C)CC(NC(=O)[C@H](CCc1ccccc1)CC(=O)CCCCN1CCOCC1)C(=O)C[C@@H](Cc1ccccc1)C(=O)NC(CC(C)C)C(=O)C1(C)CC1. The fraction of sp³-hybridized carbons (Fsp3) is 0.630. The van der Waals surface area contributed by atoms with Gasteiger partial charge in [0.15, 0.2) is 11.6 Å². The number of unbranched alkanes of at least 4 members (excludes halogenated alkanes) is 1. The van der Waals surface area contributed by atoms with Crippen molar-refractivity contribution in [3.8, 4) is 0 Å². The number of amides is 2. The quantitative estimate of drug-likeness (QED) is 0.105. The highest BCUT2D eigenvalue weighted by Gasteiger charge is 2.48. The monoisotopic (exact) mass is 758 g/mol. The maximum Gasteiger partial charge on any atom is 0.224 e. The van der Waals surface area contributed by atoms with E-state index < -0.39 is 29.3 Å². The number of rotatable bonds is 25. The standard InChI is InChI=1S/C46H67N3O6/c1-33(2)28-40(42(51)32-38(30-36-16-10-7-11-17-36)45(54)48-41(29-34(3)4)43(52)46(5)21-22-46)47-44(53)37(20-19-35-14-8-6-9-15-35)31-39(50)18-12-13-23-49-24-26-55-27-25-49/h6-11,14-17,33-34,37-38,40-41H,12-13,18-32H2,1-5H3,(H,47,53)(H,48,54)/t37-,38-,40?,41?/m1/s1. The predicted molar refractivity (Wildman–Crippen MR) is 217 cm³/mol. The van der Waals surface area contributed by atoms with Gasteiger partial charge in [0.05, 0.1) is 25.3 Å². The molecule has 1 aliphatic heterocycles. The van der Waals surface area contributed by atoms with Crippen molar-refractivity contribution in [2.75, 3.05) is 32.8 Å². The Morgan fingerprint density at radius 3 is 1.89 bits per heavy atom. The minimum atomic E-state index is -0.806. The van der Waals surface area contributed by atoms with Crippen molar-refractivity contribution in [2.24, 2.45) is 29.1 Å². The molecule has 0 radical (unpaired) electrons. The largest absolute Gasteiger partial charge is 0.379 e. The van der Waals surface area contributed by atoms with Crippen LogP contribution in [0.2, 0.25) is 0 Å². The van der Waals surface area contributed by atoms with E-state index in [1.54, 1.807) is 0 Å². The normalized spacial score (nSPS) is 17.6. The third kappa shape index (κ3) is 15.4. The lowest BCUT2D eigenvalue weighted by atomic mass is 9.87. The second-order valence-electron chi connectivity index (χ2n) is 17.2. The summed E-state index contributed by atoms with van der Waals surface area (Å²) in [5, 5.41) is 6.16. The smallest absolute Gasteiger partial charge is 0.224 e. The van der Waals surface area contributed by atoms with E-state index in [1.807, 2.05) is 95.3 Å². The molecule has 1 saturated heterocycles. The van der Waals surface area contributed by atoms with Crippen molar-refractivity contribution in [2.45, 2.75) is 124 Å². The maximum atomic E-state index is 14.3. The van der Waals surface area contributed by atoms with E-state index in [4.69, 9.17) is 4.74 Å². The molecule has 55 heavy (non-hydrogen) atoms. The number of carbonyl (C=O) groups excluding carboxylic acids is 5. The summed E-state index contributed by atoms with van der Waals surface area (Å²) in [7, 11) is 0. The van der Waals surface area contributed by atoms with Crippen LogP contribution in [0.4, 0.5) is 0 Å². The second kappa shape index (κ2) is 22.2. The van der Waals surface area contributed by atoms with Gasteiger partial charge < -0.3 is 15.4 Å². The third-order valence-electron chi connectivity index (χ3n) is 11.2. The van der Waals surface area contributed by atoms with Crippen molar-refractivity contribution in [3.63, 3.8) is 0 Å². The van der Waals surface area contributed by atoms with Gasteiger partial charge >= 0.3 is 0 Å². The van der Waals surface area contributed by atoms with E-state index in [2.05, 4.69) is 15.5 Å². The zero-order valence-electron chi connectivity index (χ0n) is 34.2. The van der Waals surface area contributed by atoms with Crippen LogP contribution in [0.1, 0.15) is 110 Å². The van der Waals surface area contributed by atoms with E-state index in [0.717, 1.165) is 69.7 Å². The average Bonchev–Trinajstić information content (AvgIpc) is 3.92. The van der Waals surface area contributed by atoms with E-state index in [0.29, 0.717) is 38.5 Å². The van der Waals surface area contributed by atoms with Gasteiger partial charge in [-0.05, 0) is 87.3 Å². The van der Waals surface area contributed by atoms with Gasteiger partial charge in [-0.15, -0.1) is 0 Å². The Balaban J connectivity index is 1.46. The highest BCUT2D eigenvalue weighted by Crippen LogP contribution is 2.47. The van der Waals surface area contributed by atoms with Crippen molar-refractivity contribution in [1.29, 1.82) is 0 Å². The Hall–Kier alpha value is -3.69. The topological polar surface area (TPSA) is 122 Å². The van der Waals surface area contributed by atoms with Gasteiger partial charge in [0.25, 0.3) is 0 Å². The van der Waals surface area contributed by atoms with Gasteiger partial charge in [0.2, 0.25) is 11.8 Å². The Kier molecular flexibility index (Phi) is 17.7. The summed E-state index contributed by atoms with van der Waals surface area (Å²) in [4.78, 5) is 71.7. The number of hydrogen-bond acceptors (Lipinski definition) is 7. The molecule has 2 amide bonds. The number of ether oxygens (including phenoxy) is 1. The van der Waals surface area contributed by atoms with Crippen LogP contribution in [-0.4, -0.2) is 79.0 Å². The molecule has 2 N–H and O–H groups in total. The van der Waals surface area contributed by atoms with E-state index >= 15 is 0 Å². The predicted octanol–water partition coefficient (Wildman–Crippen LogP) is 6.95. The zero-order valence-corrected chi connectivity index (χ0v) is 34.2. The fourth-order valence-corrected chi connectivity index (χ4v) is 7.59. The van der Waals surface area contributed by atoms with Gasteiger partial charge in [-0.1, -0.05) is 95.3 Å². The summed E-state index contributed by atoms with van der Waals surface area (Å²) in [5.41, 5.74) is 1.61. The van der Waals surface area contributed by atoms with Gasteiger partial charge in [-0.2, -0.15) is 0 Å². The van der Waals surface area contributed by atoms with Crippen LogP contribution >= 0.6 is 0 Å². The molecule has 1 heterocycles. The van der Waals surface area contributed by atoms with E-state index in [9.17, 15) is 24.0 Å². The summed E-state index contributed by atoms with van der Waals surface area (Å²) in [6.07, 6.45) is 6.22. The van der Waals surface area contributed by atoms with Crippen molar-refractivity contribution < 1.29 is 28.7 Å². The number of Topliss-reactive ketones (excluding diaryl/α,β-unsaturated/α-hetero) is 3. The molecule has 1 saturated carbocycles. The first-order chi connectivity index (χ1) is 26.3. The lowest BCUT2D eigenvalue weighted by molar-refractivity contribution is -0.135. The number of ketones is 3. The maximum absolute atomic E-state index is 14.3. The fourth-order valence-electron chi connectivity index (χ4n) is 7.59. The average molecular weight is 758 g/mol. The highest BCUT2D eigenvalue weighted by atomic mass is 16.5. The summed E-state index contributed by atoms with van der Waals surface area (Å²) < 4.78 is 5.44. The number of hydrogen-bond donors (Lipinski definition) is 2. The van der Waals surface area contributed by atoms with E-state index in [-0.39, 0.29) is 53.8 Å². The molecular formula is C46H67N3O6. The molecule has 0 bridgehead atoms. The molecule has 0 spiro atoms. The highest BCUT2D eigenvalue weighted by molar-refractivity contribution is 5.97. The summed E-state index contributed by atoms with van der Waals surface area (Å²) in [5.74, 6) is -1.68. The van der Waals surface area contributed by atoms with Crippen LogP contribution in [0.25, 0.3) is 0 Å². The summed E-state index contributed by atoms with van der Waals surface area (Å²) in [6.45, 7) is 14.3. The minimum Gasteiger partial charge on any atom is -0.379 e. The number of aryl methyl sites for hydroxylation is 1. The van der Waals surface area contributed by atoms with Gasteiger partial charge in [0, 0.05) is 49.6 Å². The molecular weight excluding hydrogens is 691 g/mol. The van der Waals surface area contributed by atoms with E-state index in [1.165, 1.54) is 0 Å². The number of morpholine rings is 1. The molecule has 2 unspecified atom stereocenters. The molecule has 2 aromatic carbocycles. The molecule has 1 aliphatic carbocycles. The van der Waals surface area contributed by atoms with Gasteiger partial charge in [0.1, 0.15) is 5.78 Å². The van der Waals surface area contributed by atoms with Crippen molar-refractivity contribution in [3.05, 3.63) is 71.8 Å².